The Morgan fingerprint density at radius 1 is 1.28 bits per heavy atom. The molecule has 0 aromatic heterocycles. The number of fused-ring (bicyclic) bond motifs is 2. The highest BCUT2D eigenvalue weighted by Gasteiger charge is 2.50. The fourth-order valence-corrected chi connectivity index (χ4v) is 3.67. The third-order valence-electron chi connectivity index (χ3n) is 4.75. The third-order valence-corrected chi connectivity index (χ3v) is 4.75. The number of amides is 1. The minimum atomic E-state index is -0.437. The molecule has 0 aromatic carbocycles. The van der Waals surface area contributed by atoms with Crippen molar-refractivity contribution in [2.75, 3.05) is 7.11 Å². The summed E-state index contributed by atoms with van der Waals surface area (Å²) in [6, 6.07) is -0.648. The number of rotatable bonds is 1. The number of hydrogen-bond donors (Lipinski definition) is 1. The molecule has 0 unspecified atom stereocenters. The topological polar surface area (TPSA) is 72.6 Å². The zero-order chi connectivity index (χ0) is 12.9. The highest BCUT2D eigenvalue weighted by atomic mass is 16.5. The van der Waals surface area contributed by atoms with Crippen molar-refractivity contribution in [1.29, 1.82) is 0 Å². The summed E-state index contributed by atoms with van der Waals surface area (Å²) >= 11 is 0. The SMILES string of the molecule is COC(=O)[C@@H]1CC[C@@H]2C[C@@H]3C[C@@H]3C[C@H](N)C(=O)N21. The maximum atomic E-state index is 12.4. The van der Waals surface area contributed by atoms with Crippen LogP contribution >= 0.6 is 0 Å². The zero-order valence-corrected chi connectivity index (χ0v) is 10.7. The number of carbonyl (C=O) groups excluding carboxylic acids is 2. The average molecular weight is 252 g/mol. The Bertz CT molecular complexity index is 384. The fraction of sp³-hybridized carbons (Fsp3) is 0.846. The molecule has 18 heavy (non-hydrogen) atoms. The molecule has 3 rings (SSSR count). The van der Waals surface area contributed by atoms with Crippen molar-refractivity contribution >= 4 is 11.9 Å². The first kappa shape index (κ1) is 12.0. The molecular weight excluding hydrogens is 232 g/mol. The molecule has 0 bridgehead atoms. The largest absolute Gasteiger partial charge is 0.467 e. The molecule has 1 aliphatic carbocycles. The summed E-state index contributed by atoms with van der Waals surface area (Å²) in [7, 11) is 1.38. The second kappa shape index (κ2) is 4.23. The number of hydrogen-bond acceptors (Lipinski definition) is 4. The summed E-state index contributed by atoms with van der Waals surface area (Å²) in [4.78, 5) is 25.8. The maximum Gasteiger partial charge on any atom is 0.328 e. The highest BCUT2D eigenvalue weighted by Crippen LogP contribution is 2.49. The van der Waals surface area contributed by atoms with Gasteiger partial charge in [-0.05, 0) is 43.9 Å². The van der Waals surface area contributed by atoms with Crippen molar-refractivity contribution in [3.8, 4) is 0 Å². The van der Waals surface area contributed by atoms with E-state index < -0.39 is 12.1 Å². The van der Waals surface area contributed by atoms with Crippen LogP contribution in [0.25, 0.3) is 0 Å². The predicted octanol–water partition coefficient (Wildman–Crippen LogP) is 0.276. The normalized spacial score (nSPS) is 42.7. The van der Waals surface area contributed by atoms with Gasteiger partial charge in [0.05, 0.1) is 13.2 Å². The molecule has 0 aromatic rings. The first-order valence-electron chi connectivity index (χ1n) is 6.77. The van der Waals surface area contributed by atoms with Gasteiger partial charge in [-0.2, -0.15) is 0 Å². The van der Waals surface area contributed by atoms with Crippen LogP contribution in [0.2, 0.25) is 0 Å². The minimum absolute atomic E-state index is 0.0572. The molecule has 2 saturated heterocycles. The molecule has 100 valence electrons. The Morgan fingerprint density at radius 3 is 2.72 bits per heavy atom. The molecule has 3 fully saturated rings. The number of carbonyl (C=O) groups is 2. The van der Waals surface area contributed by atoms with E-state index in [4.69, 9.17) is 10.5 Å². The van der Waals surface area contributed by atoms with Crippen molar-refractivity contribution in [2.24, 2.45) is 17.6 Å². The van der Waals surface area contributed by atoms with Gasteiger partial charge in [0, 0.05) is 6.04 Å². The molecule has 5 atom stereocenters. The summed E-state index contributed by atoms with van der Waals surface area (Å²) in [6.07, 6.45) is 4.64. The molecule has 2 N–H and O–H groups in total. The van der Waals surface area contributed by atoms with Crippen LogP contribution in [-0.2, 0) is 14.3 Å². The lowest BCUT2D eigenvalue weighted by Crippen LogP contribution is -2.53. The first-order valence-corrected chi connectivity index (χ1v) is 6.77. The van der Waals surface area contributed by atoms with Crippen molar-refractivity contribution in [2.45, 2.75) is 50.2 Å². The van der Waals surface area contributed by atoms with Crippen LogP contribution in [0.15, 0.2) is 0 Å². The van der Waals surface area contributed by atoms with Crippen LogP contribution in [0.5, 0.6) is 0 Å². The van der Waals surface area contributed by atoms with E-state index in [1.807, 2.05) is 0 Å². The monoisotopic (exact) mass is 252 g/mol. The molecule has 0 radical (unpaired) electrons. The van der Waals surface area contributed by atoms with Crippen LogP contribution in [0, 0.1) is 11.8 Å². The standard InChI is InChI=1S/C13H20N2O3/c1-18-13(17)11-3-2-9-5-7-4-8(7)6-10(14)12(16)15(9)11/h7-11H,2-6,14H2,1H3/t7-,8+,9+,10-,11-/m0/s1. The lowest BCUT2D eigenvalue weighted by Gasteiger charge is -2.33. The molecule has 2 aliphatic heterocycles. The van der Waals surface area contributed by atoms with E-state index in [1.54, 1.807) is 4.90 Å². The van der Waals surface area contributed by atoms with Gasteiger partial charge in [-0.25, -0.2) is 4.79 Å². The lowest BCUT2D eigenvalue weighted by atomic mass is 9.99. The van der Waals surface area contributed by atoms with Gasteiger partial charge in [0.1, 0.15) is 6.04 Å². The Balaban J connectivity index is 1.84. The maximum absolute atomic E-state index is 12.4. The third kappa shape index (κ3) is 1.81. The molecule has 1 saturated carbocycles. The van der Waals surface area contributed by atoms with Gasteiger partial charge in [-0.15, -0.1) is 0 Å². The Hall–Kier alpha value is -1.10. The van der Waals surface area contributed by atoms with Crippen LogP contribution < -0.4 is 5.73 Å². The number of ether oxygens (including phenoxy) is 1. The number of methoxy groups -OCH3 is 1. The zero-order valence-electron chi connectivity index (χ0n) is 10.7. The summed E-state index contributed by atoms with van der Waals surface area (Å²) in [5.74, 6) is 1.00. The van der Waals surface area contributed by atoms with E-state index in [9.17, 15) is 9.59 Å². The van der Waals surface area contributed by atoms with E-state index >= 15 is 0 Å². The first-order chi connectivity index (χ1) is 8.61. The van der Waals surface area contributed by atoms with Crippen LogP contribution in [0.4, 0.5) is 0 Å². The van der Waals surface area contributed by atoms with Crippen molar-refractivity contribution in [3.63, 3.8) is 0 Å². The Morgan fingerprint density at radius 2 is 2.00 bits per heavy atom. The van der Waals surface area contributed by atoms with Gasteiger partial charge in [-0.1, -0.05) is 0 Å². The van der Waals surface area contributed by atoms with Crippen LogP contribution in [0.3, 0.4) is 0 Å². The van der Waals surface area contributed by atoms with Gasteiger partial charge in [0.25, 0.3) is 0 Å². The second-order valence-electron chi connectivity index (χ2n) is 5.85. The minimum Gasteiger partial charge on any atom is -0.467 e. The summed E-state index contributed by atoms with van der Waals surface area (Å²) in [6.45, 7) is 0. The molecule has 5 heteroatoms. The summed E-state index contributed by atoms with van der Waals surface area (Å²) in [5, 5.41) is 0. The summed E-state index contributed by atoms with van der Waals surface area (Å²) in [5.41, 5.74) is 5.98. The summed E-state index contributed by atoms with van der Waals surface area (Å²) < 4.78 is 4.80. The number of esters is 1. The second-order valence-corrected chi connectivity index (χ2v) is 5.85. The van der Waals surface area contributed by atoms with Gasteiger partial charge < -0.3 is 15.4 Å². The quantitative estimate of drug-likeness (QED) is 0.680. The Kier molecular flexibility index (Phi) is 2.81. The molecule has 0 spiro atoms. The van der Waals surface area contributed by atoms with Crippen molar-refractivity contribution < 1.29 is 14.3 Å². The van der Waals surface area contributed by atoms with Crippen molar-refractivity contribution in [3.05, 3.63) is 0 Å². The fourth-order valence-electron chi connectivity index (χ4n) is 3.67. The van der Waals surface area contributed by atoms with E-state index in [1.165, 1.54) is 13.5 Å². The van der Waals surface area contributed by atoms with Gasteiger partial charge >= 0.3 is 5.97 Å². The van der Waals surface area contributed by atoms with Gasteiger partial charge in [0.2, 0.25) is 5.91 Å². The smallest absolute Gasteiger partial charge is 0.328 e. The predicted molar refractivity (Wildman–Crippen MR) is 64.5 cm³/mol. The highest BCUT2D eigenvalue weighted by molar-refractivity contribution is 5.88. The van der Waals surface area contributed by atoms with E-state index in [0.717, 1.165) is 19.3 Å². The number of nitrogens with zero attached hydrogens (tertiary/aromatic N) is 1. The van der Waals surface area contributed by atoms with Crippen LogP contribution in [0.1, 0.15) is 32.1 Å². The molecule has 1 amide bonds. The van der Waals surface area contributed by atoms with Gasteiger partial charge in [0.15, 0.2) is 0 Å². The van der Waals surface area contributed by atoms with Gasteiger partial charge in [-0.3, -0.25) is 4.79 Å². The number of nitrogens with two attached hydrogens (primary N) is 1. The molecular formula is C13H20N2O3. The molecule has 2 heterocycles. The van der Waals surface area contributed by atoms with E-state index in [2.05, 4.69) is 0 Å². The lowest BCUT2D eigenvalue weighted by molar-refractivity contribution is -0.153. The van der Waals surface area contributed by atoms with E-state index in [-0.39, 0.29) is 17.9 Å². The molecule has 3 aliphatic rings. The molecule has 5 nitrogen and oxygen atoms in total. The van der Waals surface area contributed by atoms with E-state index in [0.29, 0.717) is 18.3 Å². The average Bonchev–Trinajstić information content (AvgIpc) is 2.92. The van der Waals surface area contributed by atoms with Crippen molar-refractivity contribution in [1.82, 2.24) is 4.90 Å². The van der Waals surface area contributed by atoms with Crippen LogP contribution in [-0.4, -0.2) is 42.0 Å². The Labute approximate surface area is 107 Å².